The van der Waals surface area contributed by atoms with Gasteiger partial charge in [-0.25, -0.2) is 0 Å². The first-order valence-electron chi connectivity index (χ1n) is 10.5. The van der Waals surface area contributed by atoms with Crippen LogP contribution in [0, 0.1) is 0 Å². The lowest BCUT2D eigenvalue weighted by Crippen LogP contribution is -2.13. The van der Waals surface area contributed by atoms with Crippen molar-refractivity contribution in [1.82, 2.24) is 0 Å². The highest BCUT2D eigenvalue weighted by Crippen LogP contribution is 2.38. The van der Waals surface area contributed by atoms with Crippen molar-refractivity contribution in [3.63, 3.8) is 0 Å². The van der Waals surface area contributed by atoms with Crippen molar-refractivity contribution in [3.8, 4) is 17.2 Å². The number of benzene rings is 1. The maximum Gasteiger partial charge on any atom is 0.203 e. The molecule has 29 heavy (non-hydrogen) atoms. The molecule has 0 saturated heterocycles. The highest BCUT2D eigenvalue weighted by Gasteiger charge is 2.16. The predicted molar refractivity (Wildman–Crippen MR) is 112 cm³/mol. The van der Waals surface area contributed by atoms with E-state index in [2.05, 4.69) is 20.8 Å². The molecule has 0 aliphatic carbocycles. The van der Waals surface area contributed by atoms with Crippen LogP contribution in [0.2, 0.25) is 0 Å². The second-order valence-corrected chi connectivity index (χ2v) is 6.35. The van der Waals surface area contributed by atoms with Gasteiger partial charge in [0.1, 0.15) is 26.1 Å². The Balaban J connectivity index is 2.82. The van der Waals surface area contributed by atoms with Crippen LogP contribution in [-0.2, 0) is 14.2 Å². The number of rotatable bonds is 19. The summed E-state index contributed by atoms with van der Waals surface area (Å²) >= 11 is 0. The van der Waals surface area contributed by atoms with Gasteiger partial charge in [-0.15, -0.1) is 0 Å². The lowest BCUT2D eigenvalue weighted by atomic mass is 10.2. The van der Waals surface area contributed by atoms with Gasteiger partial charge in [0.15, 0.2) is 11.5 Å². The summed E-state index contributed by atoms with van der Waals surface area (Å²) in [6.07, 6.45) is 3.61. The van der Waals surface area contributed by atoms with E-state index in [0.717, 1.165) is 25.5 Å². The van der Waals surface area contributed by atoms with Crippen LogP contribution < -0.4 is 14.2 Å². The number of aldehydes is 1. The van der Waals surface area contributed by atoms with E-state index in [0.29, 0.717) is 82.3 Å². The Labute approximate surface area is 174 Å². The van der Waals surface area contributed by atoms with Crippen LogP contribution in [0.25, 0.3) is 0 Å². The summed E-state index contributed by atoms with van der Waals surface area (Å²) in [7, 11) is 0. The monoisotopic (exact) mass is 412 g/mol. The molecule has 166 valence electrons. The Hall–Kier alpha value is -1.83. The molecule has 0 atom stereocenters. The lowest BCUT2D eigenvalue weighted by Gasteiger charge is -2.18. The zero-order valence-electron chi connectivity index (χ0n) is 18.1. The second-order valence-electron chi connectivity index (χ2n) is 6.35. The van der Waals surface area contributed by atoms with Gasteiger partial charge in [0.25, 0.3) is 0 Å². The van der Waals surface area contributed by atoms with Crippen molar-refractivity contribution >= 4 is 6.29 Å². The summed E-state index contributed by atoms with van der Waals surface area (Å²) in [5.74, 6) is 1.37. The van der Waals surface area contributed by atoms with Crippen molar-refractivity contribution in [3.05, 3.63) is 17.7 Å². The molecule has 7 heteroatoms. The third-order valence-electron chi connectivity index (χ3n) is 3.67. The first-order chi connectivity index (χ1) is 14.3. The summed E-state index contributed by atoms with van der Waals surface area (Å²) in [5, 5.41) is 0. The molecule has 1 aromatic carbocycles. The van der Waals surface area contributed by atoms with Crippen LogP contribution in [-0.4, -0.2) is 65.7 Å². The minimum absolute atomic E-state index is 0.351. The largest absolute Gasteiger partial charge is 0.487 e. The number of hydrogen-bond acceptors (Lipinski definition) is 7. The number of carbonyl (C=O) groups is 1. The van der Waals surface area contributed by atoms with Gasteiger partial charge in [0.2, 0.25) is 5.75 Å². The maximum absolute atomic E-state index is 11.4. The molecule has 0 aliphatic heterocycles. The Morgan fingerprint density at radius 1 is 0.621 bits per heavy atom. The predicted octanol–water partition coefficient (Wildman–Crippen LogP) is 3.92. The van der Waals surface area contributed by atoms with Crippen molar-refractivity contribution in [2.75, 3.05) is 59.5 Å². The molecule has 0 fully saturated rings. The quantitative estimate of drug-likeness (QED) is 0.252. The van der Waals surface area contributed by atoms with Crippen LogP contribution >= 0.6 is 0 Å². The summed E-state index contributed by atoms with van der Waals surface area (Å²) in [4.78, 5) is 11.4. The van der Waals surface area contributed by atoms with E-state index in [1.807, 2.05) is 0 Å². The molecule has 0 spiro atoms. The van der Waals surface area contributed by atoms with E-state index in [4.69, 9.17) is 28.4 Å². The standard InChI is InChI=1S/C22H36O7/c1-4-7-24-10-13-27-20-16-19(18-23)17-21(28-14-11-25-8-5-2)22(20)29-15-12-26-9-6-3/h16-18H,4-15H2,1-3H3. The van der Waals surface area contributed by atoms with Crippen LogP contribution in [0.15, 0.2) is 12.1 Å². The van der Waals surface area contributed by atoms with Gasteiger partial charge in [0.05, 0.1) is 19.8 Å². The zero-order chi connectivity index (χ0) is 21.2. The van der Waals surface area contributed by atoms with Crippen LogP contribution in [0.5, 0.6) is 17.2 Å². The van der Waals surface area contributed by atoms with Crippen molar-refractivity contribution in [2.24, 2.45) is 0 Å². The molecule has 0 radical (unpaired) electrons. The van der Waals surface area contributed by atoms with E-state index in [-0.39, 0.29) is 0 Å². The molecule has 0 amide bonds. The van der Waals surface area contributed by atoms with Gasteiger partial charge in [-0.2, -0.15) is 0 Å². The van der Waals surface area contributed by atoms with Gasteiger partial charge >= 0.3 is 0 Å². The molecule has 1 aromatic rings. The Morgan fingerprint density at radius 3 is 1.41 bits per heavy atom. The molecule has 0 aromatic heterocycles. The molecule has 0 N–H and O–H groups in total. The smallest absolute Gasteiger partial charge is 0.203 e. The van der Waals surface area contributed by atoms with Crippen molar-refractivity contribution in [1.29, 1.82) is 0 Å². The summed E-state index contributed by atoms with van der Waals surface area (Å²) in [6, 6.07) is 3.30. The molecule has 0 bridgehead atoms. The third kappa shape index (κ3) is 11.1. The highest BCUT2D eigenvalue weighted by atomic mass is 16.6. The van der Waals surface area contributed by atoms with Crippen molar-refractivity contribution < 1.29 is 33.2 Å². The topological polar surface area (TPSA) is 72.5 Å². The van der Waals surface area contributed by atoms with E-state index in [1.54, 1.807) is 12.1 Å². The number of carbonyl (C=O) groups excluding carboxylic acids is 1. The highest BCUT2D eigenvalue weighted by molar-refractivity contribution is 5.78. The Bertz CT molecular complexity index is 513. The first-order valence-corrected chi connectivity index (χ1v) is 10.5. The molecule has 0 unspecified atom stereocenters. The maximum atomic E-state index is 11.4. The molecular formula is C22H36O7. The minimum Gasteiger partial charge on any atom is -0.487 e. The van der Waals surface area contributed by atoms with Gasteiger partial charge < -0.3 is 28.4 Å². The summed E-state index contributed by atoms with van der Waals surface area (Å²) in [6.45, 7) is 10.6. The fourth-order valence-corrected chi connectivity index (χ4v) is 2.38. The van der Waals surface area contributed by atoms with E-state index in [9.17, 15) is 4.79 Å². The normalized spacial score (nSPS) is 10.7. The molecule has 0 heterocycles. The Kier molecular flexibility index (Phi) is 14.8. The summed E-state index contributed by atoms with van der Waals surface area (Å²) in [5.41, 5.74) is 0.452. The Morgan fingerprint density at radius 2 is 1.03 bits per heavy atom. The van der Waals surface area contributed by atoms with Crippen LogP contribution in [0.3, 0.4) is 0 Å². The number of ether oxygens (including phenoxy) is 6. The lowest BCUT2D eigenvalue weighted by molar-refractivity contribution is 0.0855. The molecule has 0 saturated carbocycles. The third-order valence-corrected chi connectivity index (χ3v) is 3.67. The van der Waals surface area contributed by atoms with E-state index in [1.165, 1.54) is 0 Å². The van der Waals surface area contributed by atoms with Gasteiger partial charge in [-0.3, -0.25) is 4.79 Å². The zero-order valence-corrected chi connectivity index (χ0v) is 18.1. The average molecular weight is 413 g/mol. The SMILES string of the molecule is CCCOCCOc1cc(C=O)cc(OCCOCCC)c1OCCOCCC. The van der Waals surface area contributed by atoms with Crippen molar-refractivity contribution in [2.45, 2.75) is 40.0 Å². The fraction of sp³-hybridized carbons (Fsp3) is 0.682. The molecule has 0 aliphatic rings. The summed E-state index contributed by atoms with van der Waals surface area (Å²) < 4.78 is 33.9. The van der Waals surface area contributed by atoms with Gasteiger partial charge in [-0.1, -0.05) is 20.8 Å². The van der Waals surface area contributed by atoms with Crippen LogP contribution in [0.1, 0.15) is 50.4 Å². The van der Waals surface area contributed by atoms with E-state index >= 15 is 0 Å². The van der Waals surface area contributed by atoms with E-state index < -0.39 is 0 Å². The molecule has 1 rings (SSSR count). The fourth-order valence-electron chi connectivity index (χ4n) is 2.38. The first kappa shape index (κ1) is 25.2. The number of hydrogen-bond donors (Lipinski definition) is 0. The minimum atomic E-state index is 0.351. The molecular weight excluding hydrogens is 376 g/mol. The molecule has 7 nitrogen and oxygen atoms in total. The average Bonchev–Trinajstić information content (AvgIpc) is 2.74. The van der Waals surface area contributed by atoms with Gasteiger partial charge in [0, 0.05) is 25.4 Å². The van der Waals surface area contributed by atoms with Gasteiger partial charge in [-0.05, 0) is 31.4 Å². The second kappa shape index (κ2) is 17.1. The van der Waals surface area contributed by atoms with Crippen LogP contribution in [0.4, 0.5) is 0 Å².